The molecule has 0 atom stereocenters. The molecule has 2 amide bonds. The lowest BCUT2D eigenvalue weighted by Gasteiger charge is -2.33. The van der Waals surface area contributed by atoms with Crippen molar-refractivity contribution in [3.05, 3.63) is 11.6 Å². The van der Waals surface area contributed by atoms with Crippen LogP contribution in [0.5, 0.6) is 0 Å². The van der Waals surface area contributed by atoms with E-state index in [9.17, 15) is 9.59 Å². The third-order valence-electron chi connectivity index (χ3n) is 3.36. The quantitative estimate of drug-likeness (QED) is 0.693. The first kappa shape index (κ1) is 13.3. The average molecular weight is 241 g/mol. The van der Waals surface area contributed by atoms with Gasteiger partial charge in [-0.05, 0) is 26.0 Å². The van der Waals surface area contributed by atoms with Gasteiger partial charge in [-0.3, -0.25) is 14.5 Å². The summed E-state index contributed by atoms with van der Waals surface area (Å²) in [4.78, 5) is 24.8. The Morgan fingerprint density at radius 2 is 1.88 bits per heavy atom. The number of hydrogen-bond acceptors (Lipinski definition) is 3. The normalized spacial score (nSPS) is 17.0. The summed E-state index contributed by atoms with van der Waals surface area (Å²) in [6, 6.07) is 0. The van der Waals surface area contributed by atoms with Crippen LogP contribution in [0.4, 0.5) is 0 Å². The predicted octanol–water partition coefficient (Wildman–Crippen LogP) is 2.22. The smallest absolute Gasteiger partial charge is 0.256 e. The average Bonchev–Trinajstić information content (AvgIpc) is 2.52. The lowest BCUT2D eigenvalue weighted by Crippen LogP contribution is -2.43. The van der Waals surface area contributed by atoms with E-state index in [0.717, 1.165) is 12.8 Å². The Labute approximate surface area is 101 Å². The van der Waals surface area contributed by atoms with Gasteiger partial charge in [-0.1, -0.05) is 13.8 Å². The summed E-state index contributed by atoms with van der Waals surface area (Å²) in [5.41, 5.74) is 0.548. The van der Waals surface area contributed by atoms with Crippen LogP contribution in [-0.4, -0.2) is 34.3 Å². The first-order valence-corrected chi connectivity index (χ1v) is 6.81. The molecule has 0 saturated heterocycles. The standard InChI is InChI=1S/C12H19NO2S/c1-5-12(6-2,16-4)8-13-10(14)7-9(3)11(13)15/h7H,5-6,8H2,1-4H3. The first-order chi connectivity index (χ1) is 7.49. The van der Waals surface area contributed by atoms with Crippen molar-refractivity contribution in [2.45, 2.75) is 38.4 Å². The van der Waals surface area contributed by atoms with Crippen molar-refractivity contribution in [2.24, 2.45) is 0 Å². The zero-order chi connectivity index (χ0) is 12.3. The van der Waals surface area contributed by atoms with E-state index in [1.54, 1.807) is 18.7 Å². The Kier molecular flexibility index (Phi) is 4.19. The van der Waals surface area contributed by atoms with Crippen molar-refractivity contribution in [3.63, 3.8) is 0 Å². The van der Waals surface area contributed by atoms with Crippen LogP contribution >= 0.6 is 11.8 Å². The fourth-order valence-corrected chi connectivity index (χ4v) is 2.74. The zero-order valence-corrected chi connectivity index (χ0v) is 11.2. The number of nitrogens with zero attached hydrogens (tertiary/aromatic N) is 1. The molecular weight excluding hydrogens is 222 g/mol. The van der Waals surface area contributed by atoms with Gasteiger partial charge in [0.2, 0.25) is 0 Å². The number of rotatable bonds is 5. The van der Waals surface area contributed by atoms with E-state index in [4.69, 9.17) is 0 Å². The molecule has 0 aromatic carbocycles. The molecule has 16 heavy (non-hydrogen) atoms. The molecule has 1 aliphatic rings. The van der Waals surface area contributed by atoms with E-state index < -0.39 is 0 Å². The molecule has 0 radical (unpaired) electrons. The molecule has 0 aromatic rings. The van der Waals surface area contributed by atoms with Gasteiger partial charge in [-0.25, -0.2) is 0 Å². The number of amides is 2. The largest absolute Gasteiger partial charge is 0.274 e. The van der Waals surface area contributed by atoms with Crippen LogP contribution in [0.3, 0.4) is 0 Å². The lowest BCUT2D eigenvalue weighted by atomic mass is 10.0. The topological polar surface area (TPSA) is 37.4 Å². The molecule has 0 unspecified atom stereocenters. The highest BCUT2D eigenvalue weighted by Crippen LogP contribution is 2.32. The second kappa shape index (κ2) is 5.04. The molecule has 90 valence electrons. The molecular formula is C12H19NO2S. The van der Waals surface area contributed by atoms with Gasteiger partial charge in [-0.2, -0.15) is 11.8 Å². The number of imide groups is 1. The lowest BCUT2D eigenvalue weighted by molar-refractivity contribution is -0.137. The fraction of sp³-hybridized carbons (Fsp3) is 0.667. The summed E-state index contributed by atoms with van der Waals surface area (Å²) in [5.74, 6) is -0.298. The third-order valence-corrected chi connectivity index (χ3v) is 4.93. The van der Waals surface area contributed by atoms with Crippen LogP contribution < -0.4 is 0 Å². The van der Waals surface area contributed by atoms with Crippen molar-refractivity contribution < 1.29 is 9.59 Å². The second-order valence-electron chi connectivity index (χ2n) is 4.15. The minimum absolute atomic E-state index is 0.00375. The molecule has 1 aliphatic heterocycles. The molecule has 0 bridgehead atoms. The minimum atomic E-state index is -0.164. The molecule has 0 aromatic heterocycles. The SMILES string of the molecule is CCC(CC)(CN1C(=O)C=C(C)C1=O)SC. The van der Waals surface area contributed by atoms with Crippen molar-refractivity contribution in [1.82, 2.24) is 4.90 Å². The minimum Gasteiger partial charge on any atom is -0.274 e. The maximum atomic E-state index is 11.8. The van der Waals surface area contributed by atoms with Gasteiger partial charge in [0.15, 0.2) is 0 Å². The second-order valence-corrected chi connectivity index (χ2v) is 5.43. The molecule has 0 spiro atoms. The molecule has 3 nitrogen and oxygen atoms in total. The highest BCUT2D eigenvalue weighted by molar-refractivity contribution is 8.00. The van der Waals surface area contributed by atoms with Crippen LogP contribution in [0.2, 0.25) is 0 Å². The Bertz CT molecular complexity index is 324. The highest BCUT2D eigenvalue weighted by atomic mass is 32.2. The predicted molar refractivity (Wildman–Crippen MR) is 67.3 cm³/mol. The van der Waals surface area contributed by atoms with Gasteiger partial charge < -0.3 is 0 Å². The van der Waals surface area contributed by atoms with Crippen LogP contribution in [0, 0.1) is 0 Å². The van der Waals surface area contributed by atoms with Gasteiger partial charge in [0.05, 0.1) is 0 Å². The summed E-state index contributed by atoms with van der Waals surface area (Å²) in [5, 5.41) is 0. The molecule has 1 heterocycles. The van der Waals surface area contributed by atoms with E-state index in [-0.39, 0.29) is 16.6 Å². The fourth-order valence-electron chi connectivity index (χ4n) is 1.90. The molecule has 0 fully saturated rings. The van der Waals surface area contributed by atoms with Crippen LogP contribution in [0.1, 0.15) is 33.6 Å². The van der Waals surface area contributed by atoms with Crippen molar-refractivity contribution >= 4 is 23.6 Å². The summed E-state index contributed by atoms with van der Waals surface area (Å²) < 4.78 is 0.00375. The Balaban J connectivity index is 2.82. The van der Waals surface area contributed by atoms with Gasteiger partial charge >= 0.3 is 0 Å². The van der Waals surface area contributed by atoms with Crippen molar-refractivity contribution in [3.8, 4) is 0 Å². The molecule has 0 N–H and O–H groups in total. The van der Waals surface area contributed by atoms with E-state index in [0.29, 0.717) is 12.1 Å². The Morgan fingerprint density at radius 3 is 2.19 bits per heavy atom. The van der Waals surface area contributed by atoms with Gasteiger partial charge in [0.1, 0.15) is 0 Å². The summed E-state index contributed by atoms with van der Waals surface area (Å²) >= 11 is 1.74. The van der Waals surface area contributed by atoms with E-state index in [1.807, 2.05) is 6.26 Å². The van der Waals surface area contributed by atoms with Crippen LogP contribution in [-0.2, 0) is 9.59 Å². The van der Waals surface area contributed by atoms with E-state index in [1.165, 1.54) is 11.0 Å². The third kappa shape index (κ3) is 2.32. The van der Waals surface area contributed by atoms with Crippen LogP contribution in [0.25, 0.3) is 0 Å². The summed E-state index contributed by atoms with van der Waals surface area (Å²) in [6.45, 7) is 6.42. The van der Waals surface area contributed by atoms with E-state index in [2.05, 4.69) is 13.8 Å². The number of thioether (sulfide) groups is 1. The highest BCUT2D eigenvalue weighted by Gasteiger charge is 2.36. The molecule has 0 saturated carbocycles. The number of hydrogen-bond donors (Lipinski definition) is 0. The maximum Gasteiger partial charge on any atom is 0.256 e. The first-order valence-electron chi connectivity index (χ1n) is 5.59. The number of carbonyl (C=O) groups is 2. The van der Waals surface area contributed by atoms with Gasteiger partial charge in [0, 0.05) is 22.9 Å². The monoisotopic (exact) mass is 241 g/mol. The Morgan fingerprint density at radius 1 is 1.31 bits per heavy atom. The van der Waals surface area contributed by atoms with Crippen molar-refractivity contribution in [2.75, 3.05) is 12.8 Å². The summed E-state index contributed by atoms with van der Waals surface area (Å²) in [6.07, 6.45) is 5.39. The van der Waals surface area contributed by atoms with Gasteiger partial charge in [-0.15, -0.1) is 0 Å². The molecule has 1 rings (SSSR count). The maximum absolute atomic E-state index is 11.8. The number of carbonyl (C=O) groups excluding carboxylic acids is 2. The zero-order valence-electron chi connectivity index (χ0n) is 10.4. The molecule has 4 heteroatoms. The van der Waals surface area contributed by atoms with Gasteiger partial charge in [0.25, 0.3) is 11.8 Å². The molecule has 0 aliphatic carbocycles. The summed E-state index contributed by atoms with van der Waals surface area (Å²) in [7, 11) is 0. The van der Waals surface area contributed by atoms with Crippen LogP contribution in [0.15, 0.2) is 11.6 Å². The van der Waals surface area contributed by atoms with E-state index >= 15 is 0 Å². The Hall–Kier alpha value is -0.770. The van der Waals surface area contributed by atoms with Crippen molar-refractivity contribution in [1.29, 1.82) is 0 Å².